The lowest BCUT2D eigenvalue weighted by Gasteiger charge is -2.23. The molecule has 1 amide bonds. The fourth-order valence-electron chi connectivity index (χ4n) is 3.78. The molecule has 1 aliphatic rings. The Morgan fingerprint density at radius 2 is 2.03 bits per heavy atom. The van der Waals surface area contributed by atoms with Gasteiger partial charge < -0.3 is 5.32 Å². The minimum atomic E-state index is -2.68. The fraction of sp³-hybridized carbons (Fsp3) is 0.286. The second-order valence-corrected chi connectivity index (χ2v) is 8.51. The monoisotopic (exact) mass is 473 g/mol. The summed E-state index contributed by atoms with van der Waals surface area (Å²) < 4.78 is 42.3. The molecule has 33 heavy (non-hydrogen) atoms. The van der Waals surface area contributed by atoms with E-state index in [1.807, 2.05) is 0 Å². The van der Waals surface area contributed by atoms with Gasteiger partial charge in [0.2, 0.25) is 0 Å². The third kappa shape index (κ3) is 4.13. The van der Waals surface area contributed by atoms with Gasteiger partial charge in [-0.2, -0.15) is 10.2 Å². The molecule has 0 fully saturated rings. The maximum absolute atomic E-state index is 13.2. The molecule has 4 aromatic rings. The van der Waals surface area contributed by atoms with Crippen molar-refractivity contribution in [2.75, 3.05) is 0 Å². The van der Waals surface area contributed by atoms with Gasteiger partial charge in [-0.15, -0.1) is 11.3 Å². The predicted octanol–water partition coefficient (Wildman–Crippen LogP) is 3.62. The van der Waals surface area contributed by atoms with Crippen LogP contribution in [0.1, 0.15) is 34.9 Å². The molecule has 1 unspecified atom stereocenters. The van der Waals surface area contributed by atoms with E-state index in [9.17, 15) is 18.0 Å². The normalized spacial score (nSPS) is 15.6. The zero-order valence-electron chi connectivity index (χ0n) is 17.4. The fourth-order valence-corrected chi connectivity index (χ4v) is 4.60. The third-order valence-corrected chi connectivity index (χ3v) is 6.33. The molecule has 0 aliphatic carbocycles. The largest absolute Gasteiger partial charge is 0.347 e. The summed E-state index contributed by atoms with van der Waals surface area (Å²) in [7, 11) is 1.62. The zero-order valence-corrected chi connectivity index (χ0v) is 18.2. The number of aromatic nitrogens is 6. The van der Waals surface area contributed by atoms with E-state index in [-0.39, 0.29) is 29.2 Å². The molecule has 0 bridgehead atoms. The maximum atomic E-state index is 13.2. The number of amides is 1. The molecule has 170 valence electrons. The highest BCUT2D eigenvalue weighted by molar-refractivity contribution is 7.13. The molecule has 0 saturated carbocycles. The summed E-state index contributed by atoms with van der Waals surface area (Å²) >= 11 is 1.04. The van der Waals surface area contributed by atoms with Crippen molar-refractivity contribution in [1.29, 1.82) is 0 Å². The standard InChI is InChI=1S/C21H18F3N7OS/c1-30-17(14(9-25-30)21-27-15(10-33-21)18(23)24)20(32)26-13-6-7-31-16(8-13)28-19(29-31)11-2-4-12(22)5-3-11/h2-5,9-10,13,18H,6-8H2,1H3,(H,26,32). The molecule has 4 heterocycles. The minimum absolute atomic E-state index is 0.189. The third-order valence-electron chi connectivity index (χ3n) is 5.43. The number of carbonyl (C=O) groups excluding carboxylic acids is 1. The Labute approximate surface area is 190 Å². The number of nitrogens with zero attached hydrogens (tertiary/aromatic N) is 6. The lowest BCUT2D eigenvalue weighted by molar-refractivity contribution is 0.0921. The molecule has 1 aromatic carbocycles. The van der Waals surface area contributed by atoms with Gasteiger partial charge in [0.25, 0.3) is 12.3 Å². The van der Waals surface area contributed by atoms with Gasteiger partial charge in [0.15, 0.2) is 5.82 Å². The molecule has 8 nitrogen and oxygen atoms in total. The maximum Gasteiger partial charge on any atom is 0.281 e. The molecule has 1 atom stereocenters. The summed E-state index contributed by atoms with van der Waals surface area (Å²) in [6, 6.07) is 5.77. The second-order valence-electron chi connectivity index (χ2n) is 7.65. The number of hydrogen-bond acceptors (Lipinski definition) is 6. The molecule has 0 spiro atoms. The van der Waals surface area contributed by atoms with E-state index in [0.717, 1.165) is 17.2 Å². The summed E-state index contributed by atoms with van der Waals surface area (Å²) in [4.78, 5) is 21.6. The predicted molar refractivity (Wildman–Crippen MR) is 114 cm³/mol. The molecule has 0 saturated heterocycles. The quantitative estimate of drug-likeness (QED) is 0.478. The highest BCUT2D eigenvalue weighted by Crippen LogP contribution is 2.30. The van der Waals surface area contributed by atoms with Gasteiger partial charge in [0.1, 0.15) is 28.0 Å². The van der Waals surface area contributed by atoms with Crippen LogP contribution in [0.2, 0.25) is 0 Å². The summed E-state index contributed by atoms with van der Waals surface area (Å²) in [6.07, 6.45) is -0.108. The second kappa shape index (κ2) is 8.43. The van der Waals surface area contributed by atoms with Crippen LogP contribution in [-0.2, 0) is 20.0 Å². The van der Waals surface area contributed by atoms with Crippen LogP contribution in [0.3, 0.4) is 0 Å². The Kier molecular flexibility index (Phi) is 5.44. The van der Waals surface area contributed by atoms with Crippen LogP contribution >= 0.6 is 11.3 Å². The molecular weight excluding hydrogens is 455 g/mol. The van der Waals surface area contributed by atoms with Crippen LogP contribution in [0.15, 0.2) is 35.8 Å². The average molecular weight is 473 g/mol. The van der Waals surface area contributed by atoms with E-state index < -0.39 is 6.43 Å². The van der Waals surface area contributed by atoms with Gasteiger partial charge in [0, 0.05) is 37.0 Å². The molecule has 0 radical (unpaired) electrons. The topological polar surface area (TPSA) is 90.5 Å². The van der Waals surface area contributed by atoms with Crippen molar-refractivity contribution in [3.05, 3.63) is 58.9 Å². The highest BCUT2D eigenvalue weighted by Gasteiger charge is 2.27. The van der Waals surface area contributed by atoms with Gasteiger partial charge in [0.05, 0.1) is 11.8 Å². The van der Waals surface area contributed by atoms with E-state index in [1.165, 1.54) is 28.4 Å². The number of hydrogen-bond donors (Lipinski definition) is 1. The summed E-state index contributed by atoms with van der Waals surface area (Å²) in [5.41, 5.74) is 1.05. The van der Waals surface area contributed by atoms with Crippen molar-refractivity contribution in [2.24, 2.45) is 7.05 Å². The van der Waals surface area contributed by atoms with Gasteiger partial charge in [-0.25, -0.2) is 27.8 Å². The van der Waals surface area contributed by atoms with Crippen LogP contribution < -0.4 is 5.32 Å². The first-order valence-corrected chi connectivity index (χ1v) is 11.0. The summed E-state index contributed by atoms with van der Waals surface area (Å²) in [6.45, 7) is 0.566. The van der Waals surface area contributed by atoms with Gasteiger partial charge in [-0.05, 0) is 30.7 Å². The van der Waals surface area contributed by atoms with Crippen molar-refractivity contribution in [3.63, 3.8) is 0 Å². The number of alkyl halides is 2. The smallest absolute Gasteiger partial charge is 0.281 e. The molecule has 1 aliphatic heterocycles. The van der Waals surface area contributed by atoms with Crippen molar-refractivity contribution >= 4 is 17.2 Å². The Bertz CT molecular complexity index is 1310. The number of fused-ring (bicyclic) bond motifs is 1. The van der Waals surface area contributed by atoms with E-state index in [0.29, 0.717) is 41.3 Å². The number of benzene rings is 1. The van der Waals surface area contributed by atoms with Gasteiger partial charge in [-0.3, -0.25) is 9.48 Å². The van der Waals surface area contributed by atoms with Crippen molar-refractivity contribution in [2.45, 2.75) is 31.9 Å². The number of carbonyl (C=O) groups is 1. The Morgan fingerprint density at radius 1 is 1.24 bits per heavy atom. The van der Waals surface area contributed by atoms with E-state index >= 15 is 0 Å². The van der Waals surface area contributed by atoms with Crippen LogP contribution in [0, 0.1) is 5.82 Å². The van der Waals surface area contributed by atoms with Crippen LogP contribution in [0.5, 0.6) is 0 Å². The van der Waals surface area contributed by atoms with Crippen molar-refractivity contribution in [1.82, 2.24) is 34.8 Å². The van der Waals surface area contributed by atoms with Crippen LogP contribution in [0.4, 0.5) is 13.2 Å². The highest BCUT2D eigenvalue weighted by atomic mass is 32.1. The van der Waals surface area contributed by atoms with E-state index in [4.69, 9.17) is 0 Å². The average Bonchev–Trinajstić information content (AvgIpc) is 3.51. The summed E-state index contributed by atoms with van der Waals surface area (Å²) in [5, 5.41) is 13.2. The molecule has 12 heteroatoms. The molecular formula is C21H18F3N7OS. The summed E-state index contributed by atoms with van der Waals surface area (Å²) in [5.74, 6) is 0.529. The van der Waals surface area contributed by atoms with E-state index in [1.54, 1.807) is 23.9 Å². The van der Waals surface area contributed by atoms with Gasteiger partial charge >= 0.3 is 0 Å². The van der Waals surface area contributed by atoms with Crippen LogP contribution in [-0.4, -0.2) is 41.5 Å². The molecule has 1 N–H and O–H groups in total. The number of thiazole rings is 1. The number of nitrogens with one attached hydrogen (secondary N) is 1. The first-order valence-electron chi connectivity index (χ1n) is 10.2. The first-order chi connectivity index (χ1) is 15.9. The number of halogens is 3. The Morgan fingerprint density at radius 3 is 2.76 bits per heavy atom. The van der Waals surface area contributed by atoms with Crippen molar-refractivity contribution in [3.8, 4) is 22.0 Å². The van der Waals surface area contributed by atoms with Crippen LogP contribution in [0.25, 0.3) is 22.0 Å². The zero-order chi connectivity index (χ0) is 23.1. The Balaban J connectivity index is 1.33. The number of aryl methyl sites for hydroxylation is 2. The Hall–Kier alpha value is -3.54. The lowest BCUT2D eigenvalue weighted by atomic mass is 10.1. The first kappa shape index (κ1) is 21.3. The number of rotatable bonds is 5. The molecule has 5 rings (SSSR count). The van der Waals surface area contributed by atoms with Crippen molar-refractivity contribution < 1.29 is 18.0 Å². The minimum Gasteiger partial charge on any atom is -0.347 e. The SMILES string of the molecule is Cn1ncc(-c2nc(C(F)F)cs2)c1C(=O)NC1CCn2nc(-c3ccc(F)cc3)nc2C1. The lowest BCUT2D eigenvalue weighted by Crippen LogP contribution is -2.41. The van der Waals surface area contributed by atoms with E-state index in [2.05, 4.69) is 25.5 Å². The van der Waals surface area contributed by atoms with Gasteiger partial charge in [-0.1, -0.05) is 0 Å². The molecule has 3 aromatic heterocycles.